The Morgan fingerprint density at radius 3 is 2.36 bits per heavy atom. The summed E-state index contributed by atoms with van der Waals surface area (Å²) in [4.78, 5) is 12.8. The normalized spacial score (nSPS) is 30.3. The molecule has 0 spiro atoms. The van der Waals surface area contributed by atoms with Crippen LogP contribution in [0.3, 0.4) is 0 Å². The second-order valence-corrected chi connectivity index (χ2v) is 9.58. The number of benzene rings is 1. The van der Waals surface area contributed by atoms with Crippen molar-refractivity contribution < 1.29 is 14.3 Å². The molecule has 1 N–H and O–H groups in total. The number of ether oxygens (including phenoxy) is 2. The van der Waals surface area contributed by atoms with Gasteiger partial charge in [0.15, 0.2) is 11.5 Å². The smallest absolute Gasteiger partial charge is 0.261 e. The van der Waals surface area contributed by atoms with Crippen LogP contribution >= 0.6 is 11.3 Å². The number of anilines is 1. The van der Waals surface area contributed by atoms with Gasteiger partial charge in [0, 0.05) is 5.41 Å². The lowest BCUT2D eigenvalue weighted by atomic mass is 9.50. The van der Waals surface area contributed by atoms with E-state index in [-0.39, 0.29) is 11.3 Å². The number of hydrogen-bond acceptors (Lipinski definition) is 6. The number of amides is 1. The van der Waals surface area contributed by atoms with Crippen LogP contribution in [0.15, 0.2) is 18.2 Å². The topological polar surface area (TPSA) is 73.3 Å². The number of carbonyl (C=O) groups is 1. The summed E-state index contributed by atoms with van der Waals surface area (Å²) in [5.74, 6) is 3.26. The zero-order valence-corrected chi connectivity index (χ0v) is 17.1. The number of carbonyl (C=O) groups excluding carboxylic acids is 1. The Hall–Kier alpha value is -2.15. The first-order valence-corrected chi connectivity index (χ1v) is 10.8. The quantitative estimate of drug-likeness (QED) is 0.813. The van der Waals surface area contributed by atoms with Crippen LogP contribution in [-0.2, 0) is 5.41 Å². The van der Waals surface area contributed by atoms with Gasteiger partial charge in [-0.25, -0.2) is 0 Å². The van der Waals surface area contributed by atoms with Gasteiger partial charge in [-0.3, -0.25) is 10.1 Å². The monoisotopic (exact) mass is 399 g/mol. The number of methoxy groups -OCH3 is 2. The maximum Gasteiger partial charge on any atom is 0.261 e. The molecule has 0 atom stereocenters. The molecule has 2 aromatic rings. The minimum absolute atomic E-state index is 0.197. The predicted octanol–water partition coefficient (Wildman–Crippen LogP) is 4.28. The summed E-state index contributed by atoms with van der Waals surface area (Å²) >= 11 is 1.54. The molecule has 0 saturated heterocycles. The number of para-hydroxylation sites is 1. The van der Waals surface area contributed by atoms with Gasteiger partial charge in [-0.1, -0.05) is 17.4 Å². The fourth-order valence-electron chi connectivity index (χ4n) is 6.09. The Labute approximate surface area is 168 Å². The van der Waals surface area contributed by atoms with Crippen molar-refractivity contribution in [3.8, 4) is 11.5 Å². The first-order chi connectivity index (χ1) is 13.6. The molecule has 0 aliphatic heterocycles. The summed E-state index contributed by atoms with van der Waals surface area (Å²) < 4.78 is 10.7. The molecule has 28 heavy (non-hydrogen) atoms. The van der Waals surface area contributed by atoms with Gasteiger partial charge in [-0.15, -0.1) is 10.2 Å². The first kappa shape index (κ1) is 17.9. The summed E-state index contributed by atoms with van der Waals surface area (Å²) in [5, 5.41) is 13.4. The Kier molecular flexibility index (Phi) is 4.30. The number of rotatable bonds is 5. The molecule has 1 aromatic carbocycles. The average Bonchev–Trinajstić information content (AvgIpc) is 3.15. The molecule has 148 valence electrons. The van der Waals surface area contributed by atoms with E-state index in [1.165, 1.54) is 45.6 Å². The van der Waals surface area contributed by atoms with E-state index in [4.69, 9.17) is 9.47 Å². The third-order valence-electron chi connectivity index (χ3n) is 6.78. The highest BCUT2D eigenvalue weighted by molar-refractivity contribution is 7.15. The zero-order chi connectivity index (χ0) is 19.3. The van der Waals surface area contributed by atoms with Crippen LogP contribution in [0.1, 0.15) is 53.9 Å². The van der Waals surface area contributed by atoms with Crippen molar-refractivity contribution in [2.45, 2.75) is 43.9 Å². The molecule has 7 heteroatoms. The van der Waals surface area contributed by atoms with Gasteiger partial charge < -0.3 is 9.47 Å². The molecule has 0 unspecified atom stereocenters. The summed E-state index contributed by atoms with van der Waals surface area (Å²) in [7, 11) is 3.09. The lowest BCUT2D eigenvalue weighted by molar-refractivity contribution is -0.00555. The van der Waals surface area contributed by atoms with Gasteiger partial charge in [0.05, 0.1) is 19.8 Å². The average molecular weight is 400 g/mol. The van der Waals surface area contributed by atoms with Crippen molar-refractivity contribution in [2.75, 3.05) is 19.5 Å². The predicted molar refractivity (Wildman–Crippen MR) is 107 cm³/mol. The molecule has 4 aliphatic rings. The number of nitrogens with one attached hydrogen (secondary N) is 1. The molecule has 4 bridgehead atoms. The van der Waals surface area contributed by atoms with Crippen molar-refractivity contribution in [2.24, 2.45) is 17.8 Å². The second-order valence-electron chi connectivity index (χ2n) is 8.61. The van der Waals surface area contributed by atoms with E-state index in [0.717, 1.165) is 22.8 Å². The minimum Gasteiger partial charge on any atom is -0.493 e. The first-order valence-electron chi connectivity index (χ1n) is 9.96. The van der Waals surface area contributed by atoms with Gasteiger partial charge in [-0.05, 0) is 68.4 Å². The van der Waals surface area contributed by atoms with Crippen molar-refractivity contribution in [1.82, 2.24) is 10.2 Å². The largest absolute Gasteiger partial charge is 0.493 e. The molecule has 1 heterocycles. The van der Waals surface area contributed by atoms with E-state index >= 15 is 0 Å². The minimum atomic E-state index is -0.260. The summed E-state index contributed by atoms with van der Waals surface area (Å²) in [6.07, 6.45) is 7.92. The molecule has 4 fully saturated rings. The zero-order valence-electron chi connectivity index (χ0n) is 16.2. The fraction of sp³-hybridized carbons (Fsp3) is 0.571. The Morgan fingerprint density at radius 2 is 1.75 bits per heavy atom. The van der Waals surface area contributed by atoms with Crippen molar-refractivity contribution in [3.63, 3.8) is 0 Å². The number of hydrogen-bond donors (Lipinski definition) is 1. The van der Waals surface area contributed by atoms with E-state index in [0.29, 0.717) is 22.2 Å². The molecule has 4 saturated carbocycles. The lowest BCUT2D eigenvalue weighted by Crippen LogP contribution is -2.48. The molecular formula is C21H25N3O3S. The molecule has 1 amide bonds. The third kappa shape index (κ3) is 2.87. The molecule has 1 aromatic heterocycles. The highest BCUT2D eigenvalue weighted by Crippen LogP contribution is 2.61. The summed E-state index contributed by atoms with van der Waals surface area (Å²) in [6.45, 7) is 0. The van der Waals surface area contributed by atoms with Crippen LogP contribution in [0.5, 0.6) is 11.5 Å². The van der Waals surface area contributed by atoms with Crippen molar-refractivity contribution >= 4 is 22.4 Å². The standard InChI is InChI=1S/C21H25N3O3S/c1-26-16-5-3-4-15(17(16)27-2)18(25)22-20-24-23-19(28-20)21-9-12-6-13(10-21)8-14(7-12)11-21/h3-5,12-14H,6-11H2,1-2H3,(H,22,24,25). The maximum atomic E-state index is 12.8. The second kappa shape index (κ2) is 6.72. The van der Waals surface area contributed by atoms with Crippen molar-refractivity contribution in [3.05, 3.63) is 28.8 Å². The van der Waals surface area contributed by atoms with Gasteiger partial charge in [0.25, 0.3) is 5.91 Å². The lowest BCUT2D eigenvalue weighted by Gasteiger charge is -2.55. The molecule has 6 nitrogen and oxygen atoms in total. The van der Waals surface area contributed by atoms with Crippen LogP contribution in [0.2, 0.25) is 0 Å². The van der Waals surface area contributed by atoms with E-state index < -0.39 is 0 Å². The van der Waals surface area contributed by atoms with Crippen LogP contribution in [-0.4, -0.2) is 30.3 Å². The Bertz CT molecular complexity index is 875. The van der Waals surface area contributed by atoms with E-state index in [1.807, 2.05) is 0 Å². The summed E-state index contributed by atoms with van der Waals surface area (Å²) in [5.41, 5.74) is 0.622. The molecule has 6 rings (SSSR count). The maximum absolute atomic E-state index is 12.8. The summed E-state index contributed by atoms with van der Waals surface area (Å²) in [6, 6.07) is 5.26. The fourth-order valence-corrected chi connectivity index (χ4v) is 7.05. The van der Waals surface area contributed by atoms with E-state index in [1.54, 1.807) is 36.6 Å². The SMILES string of the molecule is COc1cccc(C(=O)Nc2nnc(C34CC5CC(CC(C5)C3)C4)s2)c1OC. The third-order valence-corrected chi connectivity index (χ3v) is 7.87. The Morgan fingerprint density at radius 1 is 1.07 bits per heavy atom. The van der Waals surface area contributed by atoms with Crippen LogP contribution in [0.4, 0.5) is 5.13 Å². The van der Waals surface area contributed by atoms with Crippen LogP contribution in [0.25, 0.3) is 0 Å². The Balaban J connectivity index is 1.37. The van der Waals surface area contributed by atoms with E-state index in [2.05, 4.69) is 15.5 Å². The number of nitrogens with zero attached hydrogens (tertiary/aromatic N) is 2. The van der Waals surface area contributed by atoms with Gasteiger partial charge in [0.1, 0.15) is 5.01 Å². The molecule has 0 radical (unpaired) electrons. The molecule has 4 aliphatic carbocycles. The van der Waals surface area contributed by atoms with Gasteiger partial charge in [0.2, 0.25) is 5.13 Å². The highest BCUT2D eigenvalue weighted by Gasteiger charge is 2.53. The van der Waals surface area contributed by atoms with Crippen LogP contribution in [0, 0.1) is 17.8 Å². The van der Waals surface area contributed by atoms with Crippen LogP contribution < -0.4 is 14.8 Å². The molecular weight excluding hydrogens is 374 g/mol. The van der Waals surface area contributed by atoms with Gasteiger partial charge >= 0.3 is 0 Å². The number of aromatic nitrogens is 2. The highest BCUT2D eigenvalue weighted by atomic mass is 32.1. The van der Waals surface area contributed by atoms with E-state index in [9.17, 15) is 4.79 Å². The van der Waals surface area contributed by atoms with Crippen molar-refractivity contribution in [1.29, 1.82) is 0 Å². The van der Waals surface area contributed by atoms with Gasteiger partial charge in [-0.2, -0.15) is 0 Å².